The maximum absolute atomic E-state index is 12.9. The maximum atomic E-state index is 12.9. The van der Waals surface area contributed by atoms with Gasteiger partial charge in [0.15, 0.2) is 17.3 Å². The number of nitrogens with zero attached hydrogens (tertiary/aromatic N) is 3. The summed E-state index contributed by atoms with van der Waals surface area (Å²) in [5.41, 5.74) is 1.01. The predicted molar refractivity (Wildman–Crippen MR) is 121 cm³/mol. The van der Waals surface area contributed by atoms with Crippen LogP contribution < -0.4 is 24.3 Å². The molecule has 9 heteroatoms. The summed E-state index contributed by atoms with van der Waals surface area (Å²) in [7, 11) is 1.55. The van der Waals surface area contributed by atoms with Crippen LogP contribution in [0.2, 0.25) is 0 Å². The molecule has 0 atom stereocenters. The normalized spacial score (nSPS) is 11.5. The van der Waals surface area contributed by atoms with Crippen LogP contribution in [0.25, 0.3) is 22.4 Å². The third-order valence-corrected chi connectivity index (χ3v) is 5.36. The second-order valence-corrected chi connectivity index (χ2v) is 7.65. The third kappa shape index (κ3) is 4.23. The fraction of sp³-hybridized carbons (Fsp3) is 0.130. The second kappa shape index (κ2) is 9.03. The lowest BCUT2D eigenvalue weighted by atomic mass is 10.2. The molecule has 0 unspecified atom stereocenters. The lowest BCUT2D eigenvalue weighted by Crippen LogP contribution is -2.23. The zero-order valence-corrected chi connectivity index (χ0v) is 18.2. The predicted octanol–water partition coefficient (Wildman–Crippen LogP) is 2.86. The van der Waals surface area contributed by atoms with Gasteiger partial charge in [-0.15, -0.1) is 5.10 Å². The zero-order chi connectivity index (χ0) is 22.7. The number of fused-ring (bicyclic) bond motifs is 1. The third-order valence-electron chi connectivity index (χ3n) is 4.41. The van der Waals surface area contributed by atoms with Gasteiger partial charge in [0.1, 0.15) is 12.4 Å². The van der Waals surface area contributed by atoms with Crippen LogP contribution in [0.3, 0.4) is 0 Å². The molecule has 162 valence electrons. The number of thiazole rings is 1. The summed E-state index contributed by atoms with van der Waals surface area (Å²) in [6.45, 7) is 5.31. The summed E-state index contributed by atoms with van der Waals surface area (Å²) >= 11 is 1.21. The average molecular weight is 449 g/mol. The Morgan fingerprint density at radius 3 is 2.72 bits per heavy atom. The number of esters is 1. The lowest BCUT2D eigenvalue weighted by Gasteiger charge is -2.09. The van der Waals surface area contributed by atoms with Gasteiger partial charge in [-0.25, -0.2) is 0 Å². The van der Waals surface area contributed by atoms with Crippen molar-refractivity contribution in [3.8, 4) is 28.6 Å². The Morgan fingerprint density at radius 1 is 1.19 bits per heavy atom. The van der Waals surface area contributed by atoms with Crippen LogP contribution in [0.5, 0.6) is 17.2 Å². The fourth-order valence-corrected chi connectivity index (χ4v) is 3.94. The maximum Gasteiger partial charge on any atom is 0.308 e. The van der Waals surface area contributed by atoms with Gasteiger partial charge in [0, 0.05) is 6.92 Å². The number of hydrogen-bond donors (Lipinski definition) is 0. The topological polar surface area (TPSA) is 92.0 Å². The number of rotatable bonds is 7. The van der Waals surface area contributed by atoms with Crippen molar-refractivity contribution in [3.63, 3.8) is 0 Å². The minimum atomic E-state index is -0.448. The number of carbonyl (C=O) groups is 1. The van der Waals surface area contributed by atoms with Crippen LogP contribution in [0.1, 0.15) is 12.5 Å². The Kier molecular flexibility index (Phi) is 6.00. The van der Waals surface area contributed by atoms with Crippen LogP contribution >= 0.6 is 11.3 Å². The molecule has 8 nitrogen and oxygen atoms in total. The first kappa shape index (κ1) is 21.3. The molecule has 0 aliphatic carbocycles. The molecule has 0 saturated carbocycles. The largest absolute Gasteiger partial charge is 0.493 e. The van der Waals surface area contributed by atoms with E-state index in [4.69, 9.17) is 14.2 Å². The Balaban J connectivity index is 1.72. The Morgan fingerprint density at radius 2 is 2.00 bits per heavy atom. The molecule has 0 fully saturated rings. The minimum absolute atomic E-state index is 0.292. The Bertz CT molecular complexity index is 1420. The highest BCUT2D eigenvalue weighted by Gasteiger charge is 2.16. The van der Waals surface area contributed by atoms with E-state index in [2.05, 4.69) is 16.7 Å². The molecule has 4 rings (SSSR count). The minimum Gasteiger partial charge on any atom is -0.493 e. The molecule has 0 amide bonds. The van der Waals surface area contributed by atoms with Gasteiger partial charge in [-0.1, -0.05) is 42.2 Å². The van der Waals surface area contributed by atoms with Gasteiger partial charge in [0.25, 0.3) is 5.56 Å². The second-order valence-electron chi connectivity index (χ2n) is 6.65. The van der Waals surface area contributed by atoms with Crippen LogP contribution in [0.4, 0.5) is 0 Å². The first-order valence-corrected chi connectivity index (χ1v) is 10.4. The Hall–Kier alpha value is -3.98. The van der Waals surface area contributed by atoms with Crippen LogP contribution in [-0.2, 0) is 4.79 Å². The quantitative estimate of drug-likeness (QED) is 0.243. The average Bonchev–Trinajstić information content (AvgIpc) is 3.32. The summed E-state index contributed by atoms with van der Waals surface area (Å²) in [4.78, 5) is 29.2. The fourth-order valence-electron chi connectivity index (χ4n) is 3.04. The van der Waals surface area contributed by atoms with Crippen molar-refractivity contribution in [1.82, 2.24) is 14.6 Å². The van der Waals surface area contributed by atoms with Gasteiger partial charge >= 0.3 is 5.97 Å². The molecule has 2 aromatic carbocycles. The zero-order valence-electron chi connectivity index (χ0n) is 17.4. The summed E-state index contributed by atoms with van der Waals surface area (Å²) in [5.74, 6) is 1.34. The van der Waals surface area contributed by atoms with E-state index in [1.807, 2.05) is 6.07 Å². The standard InChI is InChI=1S/C23H19N3O5S/c1-4-11-30-18-10-9-15(12-19(18)29-3)13-20-22(28)26-23(32-20)24-21(25-26)16-7-5-6-8-17(16)31-14(2)27/h4-10,12-13H,1,11H2,2-3H3/b20-13-. The van der Waals surface area contributed by atoms with Crippen molar-refractivity contribution < 1.29 is 19.0 Å². The number of benzene rings is 2. The van der Waals surface area contributed by atoms with Crippen molar-refractivity contribution >= 4 is 28.3 Å². The number of aromatic nitrogens is 3. The van der Waals surface area contributed by atoms with Gasteiger partial charge in [0.2, 0.25) is 4.96 Å². The number of para-hydroxylation sites is 1. The van der Waals surface area contributed by atoms with E-state index in [-0.39, 0.29) is 5.56 Å². The molecule has 0 spiro atoms. The first-order chi connectivity index (χ1) is 15.5. The molecule has 0 aliphatic rings. The van der Waals surface area contributed by atoms with Crippen molar-refractivity contribution in [2.75, 3.05) is 13.7 Å². The molecular weight excluding hydrogens is 430 g/mol. The van der Waals surface area contributed by atoms with Crippen molar-refractivity contribution in [2.45, 2.75) is 6.92 Å². The number of carbonyl (C=O) groups excluding carboxylic acids is 1. The van der Waals surface area contributed by atoms with E-state index in [0.717, 1.165) is 5.56 Å². The highest BCUT2D eigenvalue weighted by molar-refractivity contribution is 7.15. The molecule has 0 radical (unpaired) electrons. The highest BCUT2D eigenvalue weighted by atomic mass is 32.1. The summed E-state index contributed by atoms with van der Waals surface area (Å²) in [6.07, 6.45) is 3.39. The van der Waals surface area contributed by atoms with E-state index < -0.39 is 5.97 Å². The molecule has 0 aliphatic heterocycles. The number of hydrogen-bond acceptors (Lipinski definition) is 8. The summed E-state index contributed by atoms with van der Waals surface area (Å²) in [6, 6.07) is 12.3. The monoisotopic (exact) mass is 449 g/mol. The van der Waals surface area contributed by atoms with E-state index in [1.165, 1.54) is 22.8 Å². The van der Waals surface area contributed by atoms with Crippen LogP contribution in [-0.4, -0.2) is 34.3 Å². The van der Waals surface area contributed by atoms with Crippen molar-refractivity contribution in [1.29, 1.82) is 0 Å². The van der Waals surface area contributed by atoms with Gasteiger partial charge in [0.05, 0.1) is 17.2 Å². The smallest absolute Gasteiger partial charge is 0.308 e. The first-order valence-electron chi connectivity index (χ1n) is 9.61. The molecular formula is C23H19N3O5S. The number of methoxy groups -OCH3 is 1. The van der Waals surface area contributed by atoms with E-state index in [0.29, 0.717) is 44.7 Å². The van der Waals surface area contributed by atoms with Crippen molar-refractivity contribution in [3.05, 3.63) is 75.6 Å². The summed E-state index contributed by atoms with van der Waals surface area (Å²) < 4.78 is 17.9. The van der Waals surface area contributed by atoms with E-state index >= 15 is 0 Å². The van der Waals surface area contributed by atoms with Gasteiger partial charge in [-0.2, -0.15) is 9.50 Å². The van der Waals surface area contributed by atoms with Gasteiger partial charge < -0.3 is 14.2 Å². The van der Waals surface area contributed by atoms with Crippen LogP contribution in [0.15, 0.2) is 59.9 Å². The SMILES string of the molecule is C=CCOc1ccc(/C=c2\sc3nc(-c4ccccc4OC(C)=O)nn3c2=O)cc1OC. The molecule has 32 heavy (non-hydrogen) atoms. The molecule has 4 aromatic rings. The van der Waals surface area contributed by atoms with Crippen LogP contribution in [0, 0.1) is 0 Å². The molecule has 0 N–H and O–H groups in total. The molecule has 0 bridgehead atoms. The molecule has 2 aromatic heterocycles. The lowest BCUT2D eigenvalue weighted by molar-refractivity contribution is -0.131. The van der Waals surface area contributed by atoms with Gasteiger partial charge in [-0.3, -0.25) is 9.59 Å². The highest BCUT2D eigenvalue weighted by Crippen LogP contribution is 2.29. The number of ether oxygens (including phenoxy) is 3. The molecule has 0 saturated heterocycles. The van der Waals surface area contributed by atoms with Gasteiger partial charge in [-0.05, 0) is 35.9 Å². The van der Waals surface area contributed by atoms with E-state index in [1.54, 1.807) is 55.7 Å². The molecule has 2 heterocycles. The summed E-state index contributed by atoms with van der Waals surface area (Å²) in [5, 5.41) is 4.33. The van der Waals surface area contributed by atoms with Crippen molar-refractivity contribution in [2.24, 2.45) is 0 Å². The van der Waals surface area contributed by atoms with E-state index in [9.17, 15) is 9.59 Å². The Labute approximate surface area is 187 Å².